The highest BCUT2D eigenvalue weighted by Gasteiger charge is 2.36. The minimum absolute atomic E-state index is 0.0282. The van der Waals surface area contributed by atoms with Crippen LogP contribution in [0.25, 0.3) is 0 Å². The molecule has 2 unspecified atom stereocenters. The number of nitrogens with zero attached hydrogens (tertiary/aromatic N) is 1. The van der Waals surface area contributed by atoms with Gasteiger partial charge in [0.2, 0.25) is 0 Å². The number of rotatable bonds is 6. The number of ether oxygens (including phenoxy) is 1. The minimum atomic E-state index is -3.08. The zero-order valence-corrected chi connectivity index (χ0v) is 17.5. The lowest BCUT2D eigenvalue weighted by atomic mass is 10.1. The molecule has 146 valence electrons. The smallest absolute Gasteiger partial charge is 0.263 e. The van der Waals surface area contributed by atoms with Crippen LogP contribution in [-0.2, 0) is 21.2 Å². The van der Waals surface area contributed by atoms with Crippen molar-refractivity contribution in [3.8, 4) is 5.75 Å². The van der Waals surface area contributed by atoms with Crippen LogP contribution in [0.3, 0.4) is 0 Å². The van der Waals surface area contributed by atoms with E-state index < -0.39 is 15.9 Å². The molecule has 2 aromatic rings. The minimum Gasteiger partial charge on any atom is -0.481 e. The molecule has 0 N–H and O–H groups in total. The lowest BCUT2D eigenvalue weighted by molar-refractivity contribution is -0.140. The van der Waals surface area contributed by atoms with E-state index in [0.717, 1.165) is 16.0 Å². The molecule has 0 spiro atoms. The van der Waals surface area contributed by atoms with Gasteiger partial charge in [-0.1, -0.05) is 12.1 Å². The van der Waals surface area contributed by atoms with Crippen molar-refractivity contribution in [2.24, 2.45) is 0 Å². The highest BCUT2D eigenvalue weighted by molar-refractivity contribution is 7.91. The van der Waals surface area contributed by atoms with Crippen molar-refractivity contribution in [1.29, 1.82) is 0 Å². The fraction of sp³-hybridized carbons (Fsp3) is 0.450. The molecule has 7 heteroatoms. The van der Waals surface area contributed by atoms with Gasteiger partial charge in [-0.2, -0.15) is 0 Å². The van der Waals surface area contributed by atoms with E-state index in [1.54, 1.807) is 23.2 Å². The Balaban J connectivity index is 1.78. The van der Waals surface area contributed by atoms with Crippen molar-refractivity contribution in [2.75, 3.05) is 11.5 Å². The number of sulfone groups is 1. The molecular formula is C20H25NO4S2. The van der Waals surface area contributed by atoms with Crippen molar-refractivity contribution in [3.05, 3.63) is 51.7 Å². The predicted octanol–water partition coefficient (Wildman–Crippen LogP) is 3.35. The Hall–Kier alpha value is -1.86. The monoisotopic (exact) mass is 407 g/mol. The van der Waals surface area contributed by atoms with Crippen LogP contribution in [0.2, 0.25) is 0 Å². The van der Waals surface area contributed by atoms with Crippen LogP contribution in [0.4, 0.5) is 0 Å². The van der Waals surface area contributed by atoms with Crippen molar-refractivity contribution in [2.45, 2.75) is 45.9 Å². The van der Waals surface area contributed by atoms with Gasteiger partial charge in [-0.3, -0.25) is 4.79 Å². The summed E-state index contributed by atoms with van der Waals surface area (Å²) in [6.45, 7) is 6.11. The molecule has 0 aliphatic carbocycles. The number of thiophene rings is 1. The second-order valence-electron chi connectivity index (χ2n) is 7.19. The topological polar surface area (TPSA) is 63.7 Å². The maximum absolute atomic E-state index is 13.2. The third kappa shape index (κ3) is 5.11. The number of carbonyl (C=O) groups excluding carboxylic acids is 1. The summed E-state index contributed by atoms with van der Waals surface area (Å²) in [6, 6.07) is 9.45. The molecule has 1 aromatic heterocycles. The fourth-order valence-electron chi connectivity index (χ4n) is 3.47. The van der Waals surface area contributed by atoms with Gasteiger partial charge in [0.05, 0.1) is 18.1 Å². The summed E-state index contributed by atoms with van der Waals surface area (Å²) in [7, 11) is -3.08. The van der Waals surface area contributed by atoms with E-state index in [4.69, 9.17) is 4.74 Å². The predicted molar refractivity (Wildman–Crippen MR) is 108 cm³/mol. The second kappa shape index (κ2) is 8.02. The number of hydrogen-bond donors (Lipinski definition) is 0. The number of benzene rings is 1. The molecule has 1 aliphatic rings. The van der Waals surface area contributed by atoms with Gasteiger partial charge >= 0.3 is 0 Å². The van der Waals surface area contributed by atoms with Gasteiger partial charge in [-0.15, -0.1) is 11.3 Å². The van der Waals surface area contributed by atoms with Crippen LogP contribution in [0, 0.1) is 13.8 Å². The molecule has 1 aliphatic heterocycles. The molecular weight excluding hydrogens is 382 g/mol. The molecule has 1 aromatic carbocycles. The quantitative estimate of drug-likeness (QED) is 0.737. The van der Waals surface area contributed by atoms with E-state index in [9.17, 15) is 13.2 Å². The largest absolute Gasteiger partial charge is 0.481 e. The Bertz CT molecular complexity index is 886. The van der Waals surface area contributed by atoms with E-state index in [2.05, 4.69) is 0 Å². The Morgan fingerprint density at radius 2 is 2.00 bits per heavy atom. The third-order valence-corrected chi connectivity index (χ3v) is 7.31. The third-order valence-electron chi connectivity index (χ3n) is 4.69. The van der Waals surface area contributed by atoms with Gasteiger partial charge < -0.3 is 9.64 Å². The average molecular weight is 408 g/mol. The molecule has 0 bridgehead atoms. The molecule has 5 nitrogen and oxygen atoms in total. The van der Waals surface area contributed by atoms with Crippen LogP contribution in [0.1, 0.15) is 29.3 Å². The summed E-state index contributed by atoms with van der Waals surface area (Å²) in [5, 5.41) is 1.96. The van der Waals surface area contributed by atoms with Gasteiger partial charge in [0.25, 0.3) is 5.91 Å². The average Bonchev–Trinajstić information content (AvgIpc) is 3.20. The molecule has 2 heterocycles. The van der Waals surface area contributed by atoms with Crippen LogP contribution in [0.15, 0.2) is 35.7 Å². The van der Waals surface area contributed by atoms with E-state index in [0.29, 0.717) is 18.7 Å². The fourth-order valence-corrected chi connectivity index (χ4v) is 5.90. The normalized spacial score (nSPS) is 19.6. The first-order valence-corrected chi connectivity index (χ1v) is 11.7. The number of carbonyl (C=O) groups is 1. The van der Waals surface area contributed by atoms with E-state index in [1.165, 1.54) is 0 Å². The Morgan fingerprint density at radius 3 is 2.56 bits per heavy atom. The molecule has 0 radical (unpaired) electrons. The van der Waals surface area contributed by atoms with Crippen LogP contribution in [0.5, 0.6) is 5.75 Å². The molecule has 1 saturated heterocycles. The zero-order chi connectivity index (χ0) is 19.6. The zero-order valence-electron chi connectivity index (χ0n) is 15.8. The van der Waals surface area contributed by atoms with Crippen LogP contribution in [-0.4, -0.2) is 42.9 Å². The summed E-state index contributed by atoms with van der Waals surface area (Å²) in [5.41, 5.74) is 2.14. The number of amides is 1. The first-order chi connectivity index (χ1) is 12.7. The van der Waals surface area contributed by atoms with Gasteiger partial charge in [-0.05, 0) is 61.9 Å². The van der Waals surface area contributed by atoms with Gasteiger partial charge in [0.1, 0.15) is 5.75 Å². The van der Waals surface area contributed by atoms with Crippen LogP contribution < -0.4 is 4.74 Å². The van der Waals surface area contributed by atoms with Gasteiger partial charge in [0.15, 0.2) is 15.9 Å². The van der Waals surface area contributed by atoms with Gasteiger partial charge in [0, 0.05) is 10.9 Å². The Morgan fingerprint density at radius 1 is 1.30 bits per heavy atom. The summed E-state index contributed by atoms with van der Waals surface area (Å²) in [6.07, 6.45) is -0.204. The molecule has 27 heavy (non-hydrogen) atoms. The summed E-state index contributed by atoms with van der Waals surface area (Å²) in [4.78, 5) is 15.9. The highest BCUT2D eigenvalue weighted by atomic mass is 32.2. The first kappa shape index (κ1) is 19.9. The van der Waals surface area contributed by atoms with Gasteiger partial charge in [-0.25, -0.2) is 8.42 Å². The number of hydrogen-bond acceptors (Lipinski definition) is 5. The molecule has 1 amide bonds. The molecule has 2 atom stereocenters. The van der Waals surface area contributed by atoms with E-state index >= 15 is 0 Å². The van der Waals surface area contributed by atoms with E-state index in [1.807, 2.05) is 49.6 Å². The summed E-state index contributed by atoms with van der Waals surface area (Å²) >= 11 is 1.56. The standard InChI is InChI=1S/C20H25NO4S2/c1-14-9-15(2)11-18(10-14)25-16(3)20(22)21(12-19-5-4-7-26-19)17-6-8-27(23,24)13-17/h4-5,7,9-11,16-17H,6,8,12-13H2,1-3H3. The highest BCUT2D eigenvalue weighted by Crippen LogP contribution is 2.24. The molecule has 1 fully saturated rings. The Kier molecular flexibility index (Phi) is 5.91. The Labute approximate surface area is 164 Å². The van der Waals surface area contributed by atoms with Crippen LogP contribution >= 0.6 is 11.3 Å². The number of aryl methyl sites for hydroxylation is 2. The first-order valence-electron chi connectivity index (χ1n) is 9.02. The lowest BCUT2D eigenvalue weighted by Gasteiger charge is -2.30. The second-order valence-corrected chi connectivity index (χ2v) is 10.4. The SMILES string of the molecule is Cc1cc(C)cc(OC(C)C(=O)N(Cc2cccs2)C2CCS(=O)(=O)C2)c1. The molecule has 0 saturated carbocycles. The summed E-state index contributed by atoms with van der Waals surface area (Å²) in [5.74, 6) is 0.645. The van der Waals surface area contributed by atoms with Crippen molar-refractivity contribution < 1.29 is 17.9 Å². The molecule has 3 rings (SSSR count). The van der Waals surface area contributed by atoms with Crippen molar-refractivity contribution in [1.82, 2.24) is 4.90 Å². The summed E-state index contributed by atoms with van der Waals surface area (Å²) < 4.78 is 29.8. The maximum atomic E-state index is 13.2. The van der Waals surface area contributed by atoms with Crippen molar-refractivity contribution >= 4 is 27.1 Å². The maximum Gasteiger partial charge on any atom is 0.263 e. The van der Waals surface area contributed by atoms with Crippen molar-refractivity contribution in [3.63, 3.8) is 0 Å². The van der Waals surface area contributed by atoms with E-state index in [-0.39, 0.29) is 23.5 Å². The lowest BCUT2D eigenvalue weighted by Crippen LogP contribution is -2.46.